The zero-order chi connectivity index (χ0) is 14.4. The number of anilines is 1. The number of nitrogens with zero attached hydrogens (tertiary/aromatic N) is 2. The van der Waals surface area contributed by atoms with E-state index >= 15 is 0 Å². The van der Waals surface area contributed by atoms with Crippen molar-refractivity contribution in [3.63, 3.8) is 0 Å². The van der Waals surface area contributed by atoms with E-state index in [4.69, 9.17) is 4.74 Å². The first-order valence-electron chi connectivity index (χ1n) is 6.83. The molecule has 7 heteroatoms. The zero-order valence-corrected chi connectivity index (χ0v) is 12.5. The van der Waals surface area contributed by atoms with Gasteiger partial charge in [-0.2, -0.15) is 0 Å². The molecule has 112 valence electrons. The minimum Gasteiger partial charge on any atom is -0.385 e. The van der Waals surface area contributed by atoms with Crippen LogP contribution in [0.15, 0.2) is 23.4 Å². The van der Waals surface area contributed by atoms with Crippen LogP contribution in [0.2, 0.25) is 0 Å². The Bertz CT molecular complexity index is 510. The third kappa shape index (κ3) is 3.91. The first-order valence-corrected chi connectivity index (χ1v) is 8.31. The van der Waals surface area contributed by atoms with Gasteiger partial charge in [0.15, 0.2) is 5.03 Å². The molecule has 1 aliphatic heterocycles. The van der Waals surface area contributed by atoms with Gasteiger partial charge in [0.2, 0.25) is 0 Å². The number of rotatable bonds is 7. The van der Waals surface area contributed by atoms with Crippen LogP contribution in [-0.2, 0) is 14.8 Å². The second kappa shape index (κ2) is 7.01. The second-order valence-corrected chi connectivity index (χ2v) is 6.51. The quantitative estimate of drug-likeness (QED) is 0.760. The van der Waals surface area contributed by atoms with Gasteiger partial charge in [-0.25, -0.2) is 18.1 Å². The van der Waals surface area contributed by atoms with Crippen LogP contribution in [0.4, 0.5) is 5.69 Å². The number of hydrogen-bond acceptors (Lipinski definition) is 5. The SMILES string of the molecule is COCCCNS(=O)(=O)c1ccc(N2CCCC2)cn1. The number of hydrogen-bond donors (Lipinski definition) is 1. The standard InChI is InChI=1S/C13H21N3O3S/c1-19-10-4-7-15-20(17,18)13-6-5-12(11-14-13)16-8-2-3-9-16/h5-6,11,15H,2-4,7-10H2,1H3. The Morgan fingerprint density at radius 2 is 2.10 bits per heavy atom. The van der Waals surface area contributed by atoms with Crippen LogP contribution in [0.5, 0.6) is 0 Å². The molecule has 20 heavy (non-hydrogen) atoms. The Morgan fingerprint density at radius 1 is 1.35 bits per heavy atom. The highest BCUT2D eigenvalue weighted by Gasteiger charge is 2.17. The van der Waals surface area contributed by atoms with Crippen molar-refractivity contribution < 1.29 is 13.2 Å². The highest BCUT2D eigenvalue weighted by Crippen LogP contribution is 2.20. The van der Waals surface area contributed by atoms with E-state index in [9.17, 15) is 8.42 Å². The summed E-state index contributed by atoms with van der Waals surface area (Å²) in [6, 6.07) is 3.38. The van der Waals surface area contributed by atoms with E-state index in [0.29, 0.717) is 19.6 Å². The van der Waals surface area contributed by atoms with Crippen LogP contribution < -0.4 is 9.62 Å². The van der Waals surface area contributed by atoms with Crippen molar-refractivity contribution in [1.29, 1.82) is 0 Å². The summed E-state index contributed by atoms with van der Waals surface area (Å²) in [5.41, 5.74) is 0.987. The molecular weight excluding hydrogens is 278 g/mol. The van der Waals surface area contributed by atoms with Gasteiger partial charge in [-0.1, -0.05) is 0 Å². The minimum absolute atomic E-state index is 0.0675. The van der Waals surface area contributed by atoms with Gasteiger partial charge in [0, 0.05) is 33.4 Å². The van der Waals surface area contributed by atoms with E-state index in [-0.39, 0.29) is 5.03 Å². The van der Waals surface area contributed by atoms with Gasteiger partial charge >= 0.3 is 0 Å². The van der Waals surface area contributed by atoms with Gasteiger partial charge in [-0.3, -0.25) is 0 Å². The van der Waals surface area contributed by atoms with Crippen molar-refractivity contribution in [3.05, 3.63) is 18.3 Å². The monoisotopic (exact) mass is 299 g/mol. The molecule has 1 saturated heterocycles. The van der Waals surface area contributed by atoms with Crippen molar-refractivity contribution in [1.82, 2.24) is 9.71 Å². The van der Waals surface area contributed by atoms with Crippen LogP contribution in [-0.4, -0.2) is 46.8 Å². The molecule has 1 aromatic rings. The normalized spacial score (nSPS) is 15.8. The smallest absolute Gasteiger partial charge is 0.258 e. The molecule has 0 aromatic carbocycles. The molecule has 1 aliphatic rings. The van der Waals surface area contributed by atoms with Crippen molar-refractivity contribution in [2.45, 2.75) is 24.3 Å². The Morgan fingerprint density at radius 3 is 2.70 bits per heavy atom. The van der Waals surface area contributed by atoms with Crippen LogP contribution in [0.3, 0.4) is 0 Å². The third-order valence-corrected chi connectivity index (χ3v) is 4.66. The summed E-state index contributed by atoms with van der Waals surface area (Å²) in [5, 5.41) is 0.0675. The van der Waals surface area contributed by atoms with Crippen LogP contribution in [0.25, 0.3) is 0 Å². The number of pyridine rings is 1. The Balaban J connectivity index is 1.97. The number of methoxy groups -OCH3 is 1. The first kappa shape index (κ1) is 15.2. The first-order chi connectivity index (χ1) is 9.63. The Hall–Kier alpha value is -1.18. The molecule has 0 radical (unpaired) electrons. The van der Waals surface area contributed by atoms with Crippen molar-refractivity contribution in [2.75, 3.05) is 38.3 Å². The maximum absolute atomic E-state index is 12.0. The minimum atomic E-state index is -3.52. The zero-order valence-electron chi connectivity index (χ0n) is 11.7. The second-order valence-electron chi connectivity index (χ2n) is 4.79. The Kier molecular flexibility index (Phi) is 5.33. The van der Waals surface area contributed by atoms with Gasteiger partial charge in [-0.05, 0) is 31.4 Å². The third-order valence-electron chi connectivity index (χ3n) is 3.28. The highest BCUT2D eigenvalue weighted by molar-refractivity contribution is 7.89. The molecule has 0 aliphatic carbocycles. The molecule has 1 fully saturated rings. The molecule has 6 nitrogen and oxygen atoms in total. The fourth-order valence-corrected chi connectivity index (χ4v) is 3.19. The van der Waals surface area contributed by atoms with E-state index in [0.717, 1.165) is 18.8 Å². The lowest BCUT2D eigenvalue weighted by Gasteiger charge is -2.17. The Labute approximate surface area is 120 Å². The predicted octanol–water partition coefficient (Wildman–Crippen LogP) is 0.997. The van der Waals surface area contributed by atoms with Crippen LogP contribution in [0.1, 0.15) is 19.3 Å². The highest BCUT2D eigenvalue weighted by atomic mass is 32.2. The van der Waals surface area contributed by atoms with E-state index in [1.54, 1.807) is 19.4 Å². The largest absolute Gasteiger partial charge is 0.385 e. The molecule has 1 aromatic heterocycles. The average Bonchev–Trinajstić information content (AvgIpc) is 2.98. The van der Waals surface area contributed by atoms with Gasteiger partial charge in [0.05, 0.1) is 11.9 Å². The summed E-state index contributed by atoms with van der Waals surface area (Å²) in [5.74, 6) is 0. The lowest BCUT2D eigenvalue weighted by atomic mass is 10.4. The lowest BCUT2D eigenvalue weighted by molar-refractivity contribution is 0.196. The van der Waals surface area contributed by atoms with Gasteiger partial charge in [-0.15, -0.1) is 0 Å². The topological polar surface area (TPSA) is 71.5 Å². The van der Waals surface area contributed by atoms with Gasteiger partial charge in [0.25, 0.3) is 10.0 Å². The summed E-state index contributed by atoms with van der Waals surface area (Å²) in [7, 11) is -1.93. The molecule has 0 atom stereocenters. The molecule has 0 amide bonds. The van der Waals surface area contributed by atoms with Crippen LogP contribution >= 0.6 is 0 Å². The summed E-state index contributed by atoms with van der Waals surface area (Å²) >= 11 is 0. The van der Waals surface area contributed by atoms with Crippen molar-refractivity contribution in [3.8, 4) is 0 Å². The van der Waals surface area contributed by atoms with E-state index in [2.05, 4.69) is 14.6 Å². The molecule has 0 saturated carbocycles. The molecule has 1 N–H and O–H groups in total. The summed E-state index contributed by atoms with van der Waals surface area (Å²) < 4.78 is 31.4. The summed E-state index contributed by atoms with van der Waals surface area (Å²) in [6.07, 6.45) is 4.64. The van der Waals surface area contributed by atoms with E-state index in [1.165, 1.54) is 12.8 Å². The summed E-state index contributed by atoms with van der Waals surface area (Å²) in [4.78, 5) is 6.29. The molecule has 0 spiro atoms. The fourth-order valence-electron chi connectivity index (χ4n) is 2.19. The number of nitrogens with one attached hydrogen (secondary N) is 1. The van der Waals surface area contributed by atoms with E-state index < -0.39 is 10.0 Å². The molecule has 2 heterocycles. The number of aromatic nitrogens is 1. The molecule has 0 bridgehead atoms. The number of ether oxygens (including phenoxy) is 1. The molecule has 2 rings (SSSR count). The maximum Gasteiger partial charge on any atom is 0.258 e. The molecular formula is C13H21N3O3S. The molecule has 0 unspecified atom stereocenters. The van der Waals surface area contributed by atoms with E-state index in [1.807, 2.05) is 6.07 Å². The van der Waals surface area contributed by atoms with Crippen molar-refractivity contribution >= 4 is 15.7 Å². The predicted molar refractivity (Wildman–Crippen MR) is 77.4 cm³/mol. The fraction of sp³-hybridized carbons (Fsp3) is 0.615. The lowest BCUT2D eigenvalue weighted by Crippen LogP contribution is -2.26. The van der Waals surface area contributed by atoms with Gasteiger partial charge in [0.1, 0.15) is 0 Å². The summed E-state index contributed by atoms with van der Waals surface area (Å²) in [6.45, 7) is 2.92. The average molecular weight is 299 g/mol. The van der Waals surface area contributed by atoms with Gasteiger partial charge < -0.3 is 9.64 Å². The number of sulfonamides is 1. The van der Waals surface area contributed by atoms with Crippen LogP contribution in [0, 0.1) is 0 Å². The maximum atomic E-state index is 12.0. The van der Waals surface area contributed by atoms with Crippen molar-refractivity contribution in [2.24, 2.45) is 0 Å².